The molecule has 4 rings (SSSR count). The molecule has 9 nitrogen and oxygen atoms in total. The first kappa shape index (κ1) is 19.4. The number of rotatable bonds is 5. The second-order valence-electron chi connectivity index (χ2n) is 7.50. The number of sulfonamides is 1. The van der Waals surface area contributed by atoms with Gasteiger partial charge in [0.25, 0.3) is 0 Å². The number of aromatic nitrogens is 4. The van der Waals surface area contributed by atoms with E-state index in [4.69, 9.17) is 9.26 Å². The van der Waals surface area contributed by atoms with Crippen molar-refractivity contribution in [1.82, 2.24) is 24.4 Å². The number of piperidine rings is 1. The first-order valence-corrected chi connectivity index (χ1v) is 11.3. The summed E-state index contributed by atoms with van der Waals surface area (Å²) in [4.78, 5) is 12.7. The van der Waals surface area contributed by atoms with Gasteiger partial charge in [0, 0.05) is 38.5 Å². The monoisotopic (exact) mass is 407 g/mol. The normalized spacial score (nSPS) is 23.1. The molecule has 1 spiro atoms. The van der Waals surface area contributed by atoms with Gasteiger partial charge in [0.15, 0.2) is 0 Å². The number of hydrogen-bond acceptors (Lipinski definition) is 8. The summed E-state index contributed by atoms with van der Waals surface area (Å²) < 4.78 is 37.3. The molecule has 2 aromatic heterocycles. The molecule has 10 heteroatoms. The summed E-state index contributed by atoms with van der Waals surface area (Å²) in [7, 11) is -3.13. The zero-order valence-corrected chi connectivity index (χ0v) is 16.8. The smallest absolute Gasteiger partial charge is 0.227 e. The van der Waals surface area contributed by atoms with Crippen LogP contribution in [-0.2, 0) is 21.2 Å². The number of hydrogen-bond donors (Lipinski definition) is 0. The minimum atomic E-state index is -3.13. The van der Waals surface area contributed by atoms with Gasteiger partial charge in [-0.15, -0.1) is 0 Å². The predicted molar refractivity (Wildman–Crippen MR) is 101 cm³/mol. The molecule has 2 fully saturated rings. The van der Waals surface area contributed by atoms with E-state index in [-0.39, 0.29) is 11.4 Å². The van der Waals surface area contributed by atoms with Crippen LogP contribution in [0.25, 0.3) is 11.5 Å². The molecule has 0 aliphatic carbocycles. The van der Waals surface area contributed by atoms with Crippen molar-refractivity contribution in [2.75, 3.05) is 25.4 Å². The molecular formula is C18H25N5O4S. The molecule has 2 aromatic rings. The lowest BCUT2D eigenvalue weighted by molar-refractivity contribution is -0.121. The van der Waals surface area contributed by atoms with Crippen molar-refractivity contribution < 1.29 is 17.7 Å². The second-order valence-corrected chi connectivity index (χ2v) is 9.75. The predicted octanol–water partition coefficient (Wildman–Crippen LogP) is 1.68. The Morgan fingerprint density at radius 2 is 2.11 bits per heavy atom. The molecule has 0 radical (unpaired) electrons. The maximum absolute atomic E-state index is 12.1. The molecule has 0 amide bonds. The molecule has 1 atom stereocenters. The molecular weight excluding hydrogens is 382 g/mol. The third-order valence-electron chi connectivity index (χ3n) is 5.71. The maximum atomic E-state index is 12.1. The van der Waals surface area contributed by atoms with Crippen LogP contribution in [0.3, 0.4) is 0 Å². The highest BCUT2D eigenvalue weighted by Crippen LogP contribution is 2.39. The van der Waals surface area contributed by atoms with Gasteiger partial charge in [-0.1, -0.05) is 5.16 Å². The van der Waals surface area contributed by atoms with E-state index in [0.717, 1.165) is 25.7 Å². The first-order valence-electron chi connectivity index (χ1n) is 9.70. The lowest BCUT2D eigenvalue weighted by Crippen LogP contribution is -2.51. The quantitative estimate of drug-likeness (QED) is 0.736. The van der Waals surface area contributed by atoms with Gasteiger partial charge in [-0.25, -0.2) is 17.7 Å². The van der Waals surface area contributed by atoms with E-state index in [2.05, 4.69) is 20.1 Å². The highest BCUT2D eigenvalue weighted by molar-refractivity contribution is 7.89. The van der Waals surface area contributed by atoms with Crippen molar-refractivity contribution in [3.8, 4) is 11.5 Å². The summed E-state index contributed by atoms with van der Waals surface area (Å²) in [5, 5.41) is 4.01. The van der Waals surface area contributed by atoms with Crippen LogP contribution < -0.4 is 0 Å². The number of nitrogens with zero attached hydrogens (tertiary/aromatic N) is 5. The van der Waals surface area contributed by atoms with Crippen molar-refractivity contribution in [2.45, 2.75) is 44.6 Å². The van der Waals surface area contributed by atoms with Crippen LogP contribution in [0.4, 0.5) is 0 Å². The van der Waals surface area contributed by atoms with Gasteiger partial charge >= 0.3 is 0 Å². The summed E-state index contributed by atoms with van der Waals surface area (Å²) in [5.41, 5.74) is 0.349. The van der Waals surface area contributed by atoms with Crippen LogP contribution in [0, 0.1) is 5.92 Å². The van der Waals surface area contributed by atoms with Gasteiger partial charge < -0.3 is 9.26 Å². The van der Waals surface area contributed by atoms with Gasteiger partial charge in [0.1, 0.15) is 5.69 Å². The highest BCUT2D eigenvalue weighted by atomic mass is 32.2. The molecule has 0 bridgehead atoms. The van der Waals surface area contributed by atoms with E-state index in [1.54, 1.807) is 29.8 Å². The molecule has 0 saturated carbocycles. The summed E-state index contributed by atoms with van der Waals surface area (Å²) in [6.07, 6.45) is 8.78. The van der Waals surface area contributed by atoms with Crippen LogP contribution in [0.1, 0.15) is 38.5 Å². The van der Waals surface area contributed by atoms with Crippen LogP contribution in [0.15, 0.2) is 23.1 Å². The van der Waals surface area contributed by atoms with Crippen molar-refractivity contribution in [1.29, 1.82) is 0 Å². The van der Waals surface area contributed by atoms with E-state index < -0.39 is 10.0 Å². The lowest BCUT2D eigenvalue weighted by atomic mass is 9.79. The molecule has 2 aliphatic rings. The zero-order valence-electron chi connectivity index (χ0n) is 16.0. The Morgan fingerprint density at radius 3 is 2.82 bits per heavy atom. The van der Waals surface area contributed by atoms with Crippen LogP contribution in [0.5, 0.6) is 0 Å². The molecule has 0 N–H and O–H groups in total. The van der Waals surface area contributed by atoms with Crippen molar-refractivity contribution in [3.63, 3.8) is 0 Å². The van der Waals surface area contributed by atoms with E-state index >= 15 is 0 Å². The molecule has 2 aliphatic heterocycles. The maximum Gasteiger partial charge on any atom is 0.227 e. The van der Waals surface area contributed by atoms with Crippen LogP contribution in [-0.4, -0.2) is 63.9 Å². The Kier molecular flexibility index (Phi) is 5.44. The fourth-order valence-electron chi connectivity index (χ4n) is 4.11. The van der Waals surface area contributed by atoms with Crippen molar-refractivity contribution >= 4 is 10.0 Å². The first-order chi connectivity index (χ1) is 13.5. The lowest BCUT2D eigenvalue weighted by Gasteiger charge is -2.45. The van der Waals surface area contributed by atoms with Gasteiger partial charge in [-0.05, 0) is 38.5 Å². The fourth-order valence-corrected chi connectivity index (χ4v) is 5.21. The molecule has 28 heavy (non-hydrogen) atoms. The Labute approximate surface area is 164 Å². The van der Waals surface area contributed by atoms with Gasteiger partial charge in [0.2, 0.25) is 21.7 Å². The van der Waals surface area contributed by atoms with Crippen LogP contribution >= 0.6 is 0 Å². The largest absolute Gasteiger partial charge is 0.375 e. The number of ether oxygens (including phenoxy) is 1. The topological polar surface area (TPSA) is 111 Å². The average molecular weight is 407 g/mol. The molecule has 2 saturated heterocycles. The highest BCUT2D eigenvalue weighted by Gasteiger charge is 2.42. The Bertz CT molecular complexity index is 894. The van der Waals surface area contributed by atoms with E-state index in [1.165, 1.54) is 0 Å². The van der Waals surface area contributed by atoms with Crippen molar-refractivity contribution in [2.24, 2.45) is 5.92 Å². The standard InChI is InChI=1S/C18H25N5O4S/c1-2-28(24,25)23-8-4-18(5-9-23)12-14(3-10-26-18)11-16-21-17(22-27-16)15-13-19-6-7-20-15/h6-7,13-14H,2-5,8-12H2,1H3. The summed E-state index contributed by atoms with van der Waals surface area (Å²) in [6, 6.07) is 0. The minimum absolute atomic E-state index is 0.148. The SMILES string of the molecule is CCS(=O)(=O)N1CCC2(CC1)CC(Cc1nc(-c3cnccn3)no1)CCO2. The molecule has 152 valence electrons. The van der Waals surface area contributed by atoms with E-state index in [0.29, 0.717) is 49.4 Å². The van der Waals surface area contributed by atoms with Gasteiger partial charge in [-0.3, -0.25) is 4.98 Å². The van der Waals surface area contributed by atoms with E-state index in [1.807, 2.05) is 0 Å². The Morgan fingerprint density at radius 1 is 1.29 bits per heavy atom. The fraction of sp³-hybridized carbons (Fsp3) is 0.667. The molecule has 4 heterocycles. The third kappa shape index (κ3) is 4.08. The van der Waals surface area contributed by atoms with Crippen LogP contribution in [0.2, 0.25) is 0 Å². The van der Waals surface area contributed by atoms with Gasteiger partial charge in [0.05, 0.1) is 17.6 Å². The second kappa shape index (κ2) is 7.84. The Hall–Kier alpha value is -1.91. The summed E-state index contributed by atoms with van der Waals surface area (Å²) >= 11 is 0. The molecule has 1 unspecified atom stereocenters. The minimum Gasteiger partial charge on any atom is -0.375 e. The summed E-state index contributed by atoms with van der Waals surface area (Å²) in [6.45, 7) is 3.42. The van der Waals surface area contributed by atoms with E-state index in [9.17, 15) is 8.42 Å². The average Bonchev–Trinajstić information content (AvgIpc) is 3.18. The third-order valence-corrected chi connectivity index (χ3v) is 7.59. The zero-order chi connectivity index (χ0) is 19.6. The van der Waals surface area contributed by atoms with Crippen molar-refractivity contribution in [3.05, 3.63) is 24.5 Å². The Balaban J connectivity index is 1.38. The summed E-state index contributed by atoms with van der Waals surface area (Å²) in [5.74, 6) is 1.56. The molecule has 0 aromatic carbocycles. The van der Waals surface area contributed by atoms with Gasteiger partial charge in [-0.2, -0.15) is 4.98 Å².